The van der Waals surface area contributed by atoms with Gasteiger partial charge in [-0.3, -0.25) is 0 Å². The highest BCUT2D eigenvalue weighted by Crippen LogP contribution is 2.17. The first-order valence-corrected chi connectivity index (χ1v) is 9.24. The van der Waals surface area contributed by atoms with Crippen LogP contribution in [0.3, 0.4) is 0 Å². The van der Waals surface area contributed by atoms with E-state index in [2.05, 4.69) is 0 Å². The van der Waals surface area contributed by atoms with E-state index in [1.165, 1.54) is 0 Å². The lowest BCUT2D eigenvalue weighted by molar-refractivity contribution is -0.168. The van der Waals surface area contributed by atoms with E-state index in [0.717, 1.165) is 25.9 Å². The largest absolute Gasteiger partial charge is 0.353 e. The minimum atomic E-state index is -3.19. The van der Waals surface area contributed by atoms with Gasteiger partial charge in [-0.1, -0.05) is 25.1 Å². The Labute approximate surface area is 127 Å². The van der Waals surface area contributed by atoms with E-state index in [4.69, 9.17) is 9.47 Å². The van der Waals surface area contributed by atoms with Gasteiger partial charge in [-0.15, -0.1) is 0 Å². The summed E-state index contributed by atoms with van der Waals surface area (Å²) in [5, 5.41) is 0. The summed E-state index contributed by atoms with van der Waals surface area (Å²) in [5.74, 6) is 0.363. The van der Waals surface area contributed by atoms with Crippen molar-refractivity contribution in [1.82, 2.24) is 0 Å². The molecule has 0 amide bonds. The van der Waals surface area contributed by atoms with Crippen LogP contribution in [0.25, 0.3) is 0 Å². The van der Waals surface area contributed by atoms with Crippen molar-refractivity contribution in [2.24, 2.45) is 5.92 Å². The van der Waals surface area contributed by atoms with E-state index >= 15 is 0 Å². The Morgan fingerprint density at radius 1 is 1.29 bits per heavy atom. The van der Waals surface area contributed by atoms with Gasteiger partial charge in [0.1, 0.15) is 0 Å². The lowest BCUT2D eigenvalue weighted by Gasteiger charge is -2.24. The molecule has 0 N–H and O–H groups in total. The van der Waals surface area contributed by atoms with Crippen LogP contribution in [0.4, 0.5) is 0 Å². The molecule has 2 atom stereocenters. The molecule has 0 aliphatic carbocycles. The molecular weight excluding hydrogens is 288 g/mol. The first kappa shape index (κ1) is 16.5. The maximum atomic E-state index is 12.2. The zero-order valence-corrected chi connectivity index (χ0v) is 13.3. The quantitative estimate of drug-likeness (QED) is 0.776. The van der Waals surface area contributed by atoms with Crippen molar-refractivity contribution in [1.29, 1.82) is 0 Å². The normalized spacial score (nSPS) is 21.1. The van der Waals surface area contributed by atoms with Gasteiger partial charge in [-0.2, -0.15) is 0 Å². The van der Waals surface area contributed by atoms with E-state index < -0.39 is 9.84 Å². The lowest BCUT2D eigenvalue weighted by atomic mass is 10.1. The molecule has 118 valence electrons. The summed E-state index contributed by atoms with van der Waals surface area (Å²) in [4.78, 5) is 0.397. The van der Waals surface area contributed by atoms with Crippen LogP contribution >= 0.6 is 0 Å². The fraction of sp³-hybridized carbons (Fsp3) is 0.625. The van der Waals surface area contributed by atoms with Crippen molar-refractivity contribution in [2.45, 2.75) is 43.8 Å². The van der Waals surface area contributed by atoms with Gasteiger partial charge in [0.2, 0.25) is 0 Å². The summed E-state index contributed by atoms with van der Waals surface area (Å²) in [6.45, 7) is 3.33. The van der Waals surface area contributed by atoms with Gasteiger partial charge in [-0.05, 0) is 43.7 Å². The Kier molecular flexibility index (Phi) is 6.21. The van der Waals surface area contributed by atoms with Crippen molar-refractivity contribution in [3.05, 3.63) is 30.3 Å². The molecule has 1 aromatic carbocycles. The van der Waals surface area contributed by atoms with Gasteiger partial charge < -0.3 is 9.47 Å². The van der Waals surface area contributed by atoms with Crippen molar-refractivity contribution in [3.63, 3.8) is 0 Å². The molecule has 1 saturated heterocycles. The molecule has 1 fully saturated rings. The van der Waals surface area contributed by atoms with Gasteiger partial charge in [-0.25, -0.2) is 8.42 Å². The second-order valence-electron chi connectivity index (χ2n) is 5.66. The average molecular weight is 312 g/mol. The van der Waals surface area contributed by atoms with Crippen LogP contribution in [0.1, 0.15) is 32.6 Å². The second-order valence-corrected chi connectivity index (χ2v) is 7.76. The van der Waals surface area contributed by atoms with Gasteiger partial charge in [0, 0.05) is 6.61 Å². The molecule has 2 rings (SSSR count). The van der Waals surface area contributed by atoms with Crippen molar-refractivity contribution in [2.75, 3.05) is 19.0 Å². The topological polar surface area (TPSA) is 52.6 Å². The summed E-state index contributed by atoms with van der Waals surface area (Å²) >= 11 is 0. The highest BCUT2D eigenvalue weighted by atomic mass is 32.2. The molecule has 1 aromatic rings. The number of hydrogen-bond acceptors (Lipinski definition) is 4. The fourth-order valence-corrected chi connectivity index (χ4v) is 3.82. The van der Waals surface area contributed by atoms with Gasteiger partial charge in [0.25, 0.3) is 0 Å². The van der Waals surface area contributed by atoms with Crippen LogP contribution in [-0.2, 0) is 19.3 Å². The standard InChI is InChI=1S/C16H24O4S/c1-14(13-20-16-9-5-6-11-19-16)10-12-21(17,18)15-7-3-2-4-8-15/h2-4,7-8,14,16H,5-6,9-13H2,1H3/t14-,16?/m1/s1. The summed E-state index contributed by atoms with van der Waals surface area (Å²) in [7, 11) is -3.19. The number of hydrogen-bond donors (Lipinski definition) is 0. The van der Waals surface area contributed by atoms with Crippen molar-refractivity contribution >= 4 is 9.84 Å². The third kappa shape index (κ3) is 5.41. The monoisotopic (exact) mass is 312 g/mol. The predicted molar refractivity (Wildman–Crippen MR) is 81.8 cm³/mol. The van der Waals surface area contributed by atoms with E-state index in [1.807, 2.05) is 13.0 Å². The minimum absolute atomic E-state index is 0.105. The highest BCUT2D eigenvalue weighted by Gasteiger charge is 2.18. The molecular formula is C16H24O4S. The molecule has 5 heteroatoms. The number of benzene rings is 1. The van der Waals surface area contributed by atoms with Crippen molar-refractivity contribution in [3.8, 4) is 0 Å². The minimum Gasteiger partial charge on any atom is -0.353 e. The Morgan fingerprint density at radius 2 is 2.05 bits per heavy atom. The lowest BCUT2D eigenvalue weighted by Crippen LogP contribution is -2.25. The van der Waals surface area contributed by atoms with Crippen LogP contribution in [-0.4, -0.2) is 33.7 Å². The molecule has 0 radical (unpaired) electrons. The number of rotatable bonds is 7. The van der Waals surface area contributed by atoms with E-state index in [0.29, 0.717) is 17.9 Å². The van der Waals surface area contributed by atoms with Crippen LogP contribution in [0.5, 0.6) is 0 Å². The zero-order chi connectivity index (χ0) is 15.1. The summed E-state index contributed by atoms with van der Waals surface area (Å²) in [6.07, 6.45) is 3.68. The first-order valence-electron chi connectivity index (χ1n) is 7.59. The van der Waals surface area contributed by atoms with Crippen LogP contribution in [0.15, 0.2) is 35.2 Å². The molecule has 1 aliphatic heterocycles. The van der Waals surface area contributed by atoms with Crippen LogP contribution < -0.4 is 0 Å². The molecule has 1 heterocycles. The van der Waals surface area contributed by atoms with E-state index in [-0.39, 0.29) is 18.0 Å². The summed E-state index contributed by atoms with van der Waals surface area (Å²) in [5.41, 5.74) is 0. The van der Waals surface area contributed by atoms with E-state index in [1.54, 1.807) is 24.3 Å². The molecule has 1 aliphatic rings. The van der Waals surface area contributed by atoms with Crippen LogP contribution in [0, 0.1) is 5.92 Å². The highest BCUT2D eigenvalue weighted by molar-refractivity contribution is 7.91. The third-order valence-corrected chi connectivity index (χ3v) is 5.45. The average Bonchev–Trinajstić information content (AvgIpc) is 2.53. The molecule has 0 saturated carbocycles. The third-order valence-electron chi connectivity index (χ3n) is 3.69. The SMILES string of the molecule is C[C@H](CCS(=O)(=O)c1ccccc1)COC1CCCCO1. The Morgan fingerprint density at radius 3 is 2.71 bits per heavy atom. The molecule has 4 nitrogen and oxygen atoms in total. The Hall–Kier alpha value is -0.910. The van der Waals surface area contributed by atoms with Gasteiger partial charge >= 0.3 is 0 Å². The van der Waals surface area contributed by atoms with Gasteiger partial charge in [0.05, 0.1) is 17.3 Å². The Bertz CT molecular complexity index is 506. The second kappa shape index (κ2) is 7.92. The maximum absolute atomic E-state index is 12.2. The Balaban J connectivity index is 1.74. The van der Waals surface area contributed by atoms with Crippen LogP contribution in [0.2, 0.25) is 0 Å². The summed E-state index contributed by atoms with van der Waals surface area (Å²) < 4.78 is 35.6. The number of ether oxygens (including phenoxy) is 2. The molecule has 21 heavy (non-hydrogen) atoms. The molecule has 0 spiro atoms. The maximum Gasteiger partial charge on any atom is 0.178 e. The predicted octanol–water partition coefficient (Wildman–Crippen LogP) is 3.03. The molecule has 0 bridgehead atoms. The number of sulfone groups is 1. The first-order chi connectivity index (χ1) is 10.1. The molecule has 0 aromatic heterocycles. The zero-order valence-electron chi connectivity index (χ0n) is 12.5. The fourth-order valence-electron chi connectivity index (χ4n) is 2.30. The van der Waals surface area contributed by atoms with Gasteiger partial charge in [0.15, 0.2) is 16.1 Å². The van der Waals surface area contributed by atoms with Crippen molar-refractivity contribution < 1.29 is 17.9 Å². The summed E-state index contributed by atoms with van der Waals surface area (Å²) in [6, 6.07) is 8.61. The molecule has 1 unspecified atom stereocenters. The smallest absolute Gasteiger partial charge is 0.178 e. The van der Waals surface area contributed by atoms with E-state index in [9.17, 15) is 8.42 Å².